The zero-order valence-corrected chi connectivity index (χ0v) is 14.0. The van der Waals surface area contributed by atoms with E-state index in [1.54, 1.807) is 6.26 Å². The number of anilines is 2. The van der Waals surface area contributed by atoms with Crippen molar-refractivity contribution in [2.24, 2.45) is 5.73 Å². The van der Waals surface area contributed by atoms with E-state index in [-0.39, 0.29) is 24.8 Å². The van der Waals surface area contributed by atoms with Crippen LogP contribution in [-0.4, -0.2) is 7.05 Å². The molecule has 1 aliphatic rings. The fourth-order valence-electron chi connectivity index (χ4n) is 2.15. The molecule has 0 bridgehead atoms. The summed E-state index contributed by atoms with van der Waals surface area (Å²) in [5, 5.41) is 3.15. The molecule has 0 saturated carbocycles. The average molecular weight is 344 g/mol. The molecule has 120 valence electrons. The standard InChI is InChI=1S/C15H17N3O2.2ClH/c1-10-15(16)17-12-8-11(5-6-13(12)20-10)9-18(2)14-4-3-7-19-14;;/h3-8,17H,9,16H2,1-2H3;2*1H. The van der Waals surface area contributed by atoms with E-state index in [2.05, 4.69) is 5.32 Å². The molecule has 0 spiro atoms. The minimum absolute atomic E-state index is 0. The minimum atomic E-state index is 0. The topological polar surface area (TPSA) is 63.7 Å². The van der Waals surface area contributed by atoms with E-state index >= 15 is 0 Å². The van der Waals surface area contributed by atoms with Crippen LogP contribution < -0.4 is 20.7 Å². The Morgan fingerprint density at radius 2 is 2.00 bits per heavy atom. The van der Waals surface area contributed by atoms with Gasteiger partial charge in [0, 0.05) is 19.7 Å². The van der Waals surface area contributed by atoms with Gasteiger partial charge in [0.15, 0.2) is 11.6 Å². The highest BCUT2D eigenvalue weighted by Crippen LogP contribution is 2.32. The zero-order valence-electron chi connectivity index (χ0n) is 12.3. The Hall–Kier alpha value is -1.98. The summed E-state index contributed by atoms with van der Waals surface area (Å²) in [7, 11) is 1.99. The number of furan rings is 1. The van der Waals surface area contributed by atoms with Gasteiger partial charge in [-0.1, -0.05) is 6.07 Å². The number of nitrogens with two attached hydrogens (primary N) is 1. The average Bonchev–Trinajstić information content (AvgIpc) is 2.94. The molecule has 5 nitrogen and oxygen atoms in total. The lowest BCUT2D eigenvalue weighted by Gasteiger charge is -2.22. The third kappa shape index (κ3) is 3.61. The predicted octanol–water partition coefficient (Wildman–Crippen LogP) is 3.71. The number of nitrogens with zero attached hydrogens (tertiary/aromatic N) is 1. The third-order valence-electron chi connectivity index (χ3n) is 3.26. The number of ether oxygens (including phenoxy) is 1. The summed E-state index contributed by atoms with van der Waals surface area (Å²) in [6.45, 7) is 2.58. The number of allylic oxidation sites excluding steroid dienone is 1. The van der Waals surface area contributed by atoms with Crippen molar-refractivity contribution in [3.05, 3.63) is 53.7 Å². The lowest BCUT2D eigenvalue weighted by atomic mass is 10.1. The summed E-state index contributed by atoms with van der Waals surface area (Å²) in [6.07, 6.45) is 1.67. The van der Waals surface area contributed by atoms with Gasteiger partial charge in [-0.25, -0.2) is 0 Å². The van der Waals surface area contributed by atoms with Crippen LogP contribution in [0.2, 0.25) is 0 Å². The Kier molecular flexibility index (Phi) is 6.02. The Morgan fingerprint density at radius 1 is 1.23 bits per heavy atom. The van der Waals surface area contributed by atoms with Crippen molar-refractivity contribution in [1.82, 2.24) is 0 Å². The van der Waals surface area contributed by atoms with Crippen LogP contribution in [0.25, 0.3) is 0 Å². The van der Waals surface area contributed by atoms with Gasteiger partial charge in [0.25, 0.3) is 0 Å². The summed E-state index contributed by atoms with van der Waals surface area (Å²) in [4.78, 5) is 2.04. The van der Waals surface area contributed by atoms with E-state index in [0.29, 0.717) is 11.6 Å². The third-order valence-corrected chi connectivity index (χ3v) is 3.26. The quantitative estimate of drug-likeness (QED) is 0.889. The van der Waals surface area contributed by atoms with Crippen LogP contribution in [0.15, 0.2) is 52.6 Å². The Balaban J connectivity index is 0.00000121. The second-order valence-corrected chi connectivity index (χ2v) is 4.83. The van der Waals surface area contributed by atoms with Crippen LogP contribution in [0.4, 0.5) is 11.6 Å². The Morgan fingerprint density at radius 3 is 2.68 bits per heavy atom. The highest BCUT2D eigenvalue weighted by Gasteiger charge is 2.15. The molecule has 1 aromatic heterocycles. The first kappa shape index (κ1) is 18.1. The summed E-state index contributed by atoms with van der Waals surface area (Å²) in [5.74, 6) is 2.87. The van der Waals surface area contributed by atoms with E-state index < -0.39 is 0 Å². The van der Waals surface area contributed by atoms with E-state index in [1.807, 2.05) is 49.2 Å². The van der Waals surface area contributed by atoms with Crippen LogP contribution in [0.1, 0.15) is 12.5 Å². The van der Waals surface area contributed by atoms with E-state index in [4.69, 9.17) is 14.9 Å². The molecule has 22 heavy (non-hydrogen) atoms. The van der Waals surface area contributed by atoms with E-state index in [0.717, 1.165) is 29.4 Å². The van der Waals surface area contributed by atoms with Gasteiger partial charge >= 0.3 is 0 Å². The molecule has 0 unspecified atom stereocenters. The molecule has 1 aromatic carbocycles. The molecule has 0 fully saturated rings. The maximum atomic E-state index is 5.84. The van der Waals surface area contributed by atoms with Crippen molar-refractivity contribution >= 4 is 36.4 Å². The van der Waals surface area contributed by atoms with Gasteiger partial charge in [-0.05, 0) is 30.7 Å². The first-order valence-electron chi connectivity index (χ1n) is 6.42. The molecule has 3 rings (SSSR count). The molecular formula is C15H19Cl2N3O2. The van der Waals surface area contributed by atoms with E-state index in [1.165, 1.54) is 0 Å². The van der Waals surface area contributed by atoms with Crippen molar-refractivity contribution in [2.75, 3.05) is 17.3 Å². The fourth-order valence-corrected chi connectivity index (χ4v) is 2.15. The number of hydrogen-bond donors (Lipinski definition) is 2. The molecule has 3 N–H and O–H groups in total. The smallest absolute Gasteiger partial charge is 0.195 e. The van der Waals surface area contributed by atoms with Gasteiger partial charge in [0.05, 0.1) is 12.0 Å². The maximum Gasteiger partial charge on any atom is 0.195 e. The number of nitrogens with one attached hydrogen (secondary N) is 1. The van der Waals surface area contributed by atoms with Gasteiger partial charge in [-0.3, -0.25) is 0 Å². The molecule has 7 heteroatoms. The number of rotatable bonds is 3. The number of halogens is 2. The lowest BCUT2D eigenvalue weighted by molar-refractivity contribution is 0.415. The number of benzene rings is 1. The summed E-state index contributed by atoms with van der Waals surface area (Å²) < 4.78 is 11.0. The largest absolute Gasteiger partial charge is 0.456 e. The molecule has 0 amide bonds. The summed E-state index contributed by atoms with van der Waals surface area (Å²) in [5.41, 5.74) is 7.87. The summed E-state index contributed by atoms with van der Waals surface area (Å²) in [6, 6.07) is 9.83. The SMILES string of the molecule is CC1=C(N)Nc2cc(CN(C)c3ccco3)ccc2O1.Cl.Cl. The lowest BCUT2D eigenvalue weighted by Crippen LogP contribution is -2.20. The molecule has 2 heterocycles. The van der Waals surface area contributed by atoms with Gasteiger partial charge in [-0.2, -0.15) is 0 Å². The first-order chi connectivity index (χ1) is 9.63. The molecule has 0 radical (unpaired) electrons. The molecular weight excluding hydrogens is 325 g/mol. The molecule has 1 aliphatic heterocycles. The van der Waals surface area contributed by atoms with E-state index in [9.17, 15) is 0 Å². The van der Waals surface area contributed by atoms with Crippen LogP contribution in [0.5, 0.6) is 5.75 Å². The first-order valence-corrected chi connectivity index (χ1v) is 6.42. The fraction of sp³-hybridized carbons (Fsp3) is 0.200. The van der Waals surface area contributed by atoms with Crippen molar-refractivity contribution < 1.29 is 9.15 Å². The highest BCUT2D eigenvalue weighted by atomic mass is 35.5. The number of fused-ring (bicyclic) bond motifs is 1. The van der Waals surface area contributed by atoms with Crippen molar-refractivity contribution in [3.63, 3.8) is 0 Å². The molecule has 0 saturated heterocycles. The molecule has 0 atom stereocenters. The van der Waals surface area contributed by atoms with Crippen LogP contribution in [0, 0.1) is 0 Å². The van der Waals surface area contributed by atoms with Gasteiger partial charge in [0.2, 0.25) is 0 Å². The second kappa shape index (κ2) is 7.33. The van der Waals surface area contributed by atoms with Crippen LogP contribution in [-0.2, 0) is 6.54 Å². The van der Waals surface area contributed by atoms with Crippen LogP contribution in [0.3, 0.4) is 0 Å². The van der Waals surface area contributed by atoms with Crippen LogP contribution >= 0.6 is 24.8 Å². The molecule has 2 aromatic rings. The second-order valence-electron chi connectivity index (χ2n) is 4.83. The monoisotopic (exact) mass is 343 g/mol. The zero-order chi connectivity index (χ0) is 14.1. The van der Waals surface area contributed by atoms with Crippen molar-refractivity contribution in [3.8, 4) is 5.75 Å². The predicted molar refractivity (Wildman–Crippen MR) is 92.9 cm³/mol. The Labute approximate surface area is 141 Å². The normalized spacial score (nSPS) is 12.3. The van der Waals surface area contributed by atoms with Crippen molar-refractivity contribution in [2.45, 2.75) is 13.5 Å². The highest BCUT2D eigenvalue weighted by molar-refractivity contribution is 5.85. The molecule has 0 aliphatic carbocycles. The summed E-state index contributed by atoms with van der Waals surface area (Å²) >= 11 is 0. The van der Waals surface area contributed by atoms with Gasteiger partial charge in [-0.15, -0.1) is 24.8 Å². The van der Waals surface area contributed by atoms with Crippen molar-refractivity contribution in [1.29, 1.82) is 0 Å². The number of hydrogen-bond acceptors (Lipinski definition) is 5. The van der Waals surface area contributed by atoms with Gasteiger partial charge in [0.1, 0.15) is 11.6 Å². The Bertz CT molecular complexity index is 657. The van der Waals surface area contributed by atoms with Gasteiger partial charge < -0.3 is 25.1 Å². The maximum absolute atomic E-state index is 5.84. The minimum Gasteiger partial charge on any atom is -0.456 e.